The Bertz CT molecular complexity index is 836. The maximum Gasteiger partial charge on any atom is 0.270 e. The minimum Gasteiger partial charge on any atom is -0.485 e. The van der Waals surface area contributed by atoms with Crippen LogP contribution in [0, 0.1) is 0 Å². The number of morpholine rings is 1. The third-order valence-corrected chi connectivity index (χ3v) is 5.00. The Balaban J connectivity index is 1.32. The fraction of sp³-hybridized carbons (Fsp3) is 0.412. The smallest absolute Gasteiger partial charge is 0.270 e. The quantitative estimate of drug-likeness (QED) is 0.820. The molecule has 2 aromatic rings. The standard InChI is InChI=1S/C17H18N4O5S/c22-15(21-5-7-24-8-6-21)9-14-19-20-17(27-14)18-16(23)13-10-25-11-3-1-2-4-12(11)26-13/h1-4,13H,5-10H2,(H,18,20,23)/t13-/m1/s1. The Kier molecular flexibility index (Phi) is 5.16. The number of rotatable bonds is 4. The van der Waals surface area contributed by atoms with Crippen molar-refractivity contribution in [2.75, 3.05) is 38.2 Å². The minimum atomic E-state index is -0.776. The lowest BCUT2D eigenvalue weighted by atomic mass is 10.2. The van der Waals surface area contributed by atoms with E-state index in [-0.39, 0.29) is 24.8 Å². The molecule has 0 saturated carbocycles. The van der Waals surface area contributed by atoms with Crippen molar-refractivity contribution in [1.29, 1.82) is 0 Å². The zero-order valence-corrected chi connectivity index (χ0v) is 15.2. The number of nitrogens with one attached hydrogen (secondary N) is 1. The molecule has 27 heavy (non-hydrogen) atoms. The molecule has 0 bridgehead atoms. The molecule has 0 spiro atoms. The molecule has 10 heteroatoms. The van der Waals surface area contributed by atoms with E-state index in [2.05, 4.69) is 15.5 Å². The average Bonchev–Trinajstić information content (AvgIpc) is 3.15. The van der Waals surface area contributed by atoms with Gasteiger partial charge in [0.1, 0.15) is 11.6 Å². The van der Waals surface area contributed by atoms with Gasteiger partial charge in [-0.25, -0.2) is 0 Å². The van der Waals surface area contributed by atoms with Crippen LogP contribution in [0.4, 0.5) is 5.13 Å². The topological polar surface area (TPSA) is 103 Å². The van der Waals surface area contributed by atoms with E-state index < -0.39 is 6.10 Å². The minimum absolute atomic E-state index is 0.0204. The van der Waals surface area contributed by atoms with E-state index in [9.17, 15) is 9.59 Å². The van der Waals surface area contributed by atoms with Gasteiger partial charge in [0.15, 0.2) is 11.5 Å². The monoisotopic (exact) mass is 390 g/mol. The molecule has 9 nitrogen and oxygen atoms in total. The summed E-state index contributed by atoms with van der Waals surface area (Å²) >= 11 is 1.17. The lowest BCUT2D eigenvalue weighted by Crippen LogP contribution is -2.41. The van der Waals surface area contributed by atoms with Gasteiger partial charge in [0, 0.05) is 13.1 Å². The second-order valence-corrected chi connectivity index (χ2v) is 7.09. The van der Waals surface area contributed by atoms with Gasteiger partial charge in [0.25, 0.3) is 5.91 Å². The summed E-state index contributed by atoms with van der Waals surface area (Å²) in [6, 6.07) is 7.18. The van der Waals surface area contributed by atoms with Crippen molar-refractivity contribution < 1.29 is 23.8 Å². The highest BCUT2D eigenvalue weighted by Crippen LogP contribution is 2.31. The summed E-state index contributed by atoms with van der Waals surface area (Å²) in [5, 5.41) is 11.5. The van der Waals surface area contributed by atoms with Crippen molar-refractivity contribution in [2.24, 2.45) is 0 Å². The van der Waals surface area contributed by atoms with Crippen LogP contribution in [0.25, 0.3) is 0 Å². The maximum atomic E-state index is 12.4. The van der Waals surface area contributed by atoms with E-state index in [1.165, 1.54) is 11.3 Å². The molecular formula is C17H18N4O5S. The zero-order chi connectivity index (χ0) is 18.6. The van der Waals surface area contributed by atoms with Crippen LogP contribution in [-0.2, 0) is 20.7 Å². The number of fused-ring (bicyclic) bond motifs is 1. The van der Waals surface area contributed by atoms with E-state index in [1.807, 2.05) is 12.1 Å². The first-order valence-electron chi connectivity index (χ1n) is 8.56. The van der Waals surface area contributed by atoms with E-state index in [0.717, 1.165) is 0 Å². The number of nitrogens with zero attached hydrogens (tertiary/aromatic N) is 3. The van der Waals surface area contributed by atoms with Crippen LogP contribution < -0.4 is 14.8 Å². The summed E-state index contributed by atoms with van der Waals surface area (Å²) in [7, 11) is 0. The van der Waals surface area contributed by atoms with Gasteiger partial charge in [-0.3, -0.25) is 14.9 Å². The number of amides is 2. The molecule has 1 N–H and O–H groups in total. The lowest BCUT2D eigenvalue weighted by Gasteiger charge is -2.26. The average molecular weight is 390 g/mol. The highest BCUT2D eigenvalue weighted by molar-refractivity contribution is 7.15. The highest BCUT2D eigenvalue weighted by atomic mass is 32.1. The molecule has 0 radical (unpaired) electrons. The molecule has 142 valence electrons. The van der Waals surface area contributed by atoms with Crippen molar-refractivity contribution in [2.45, 2.75) is 12.5 Å². The molecule has 1 aromatic carbocycles. The predicted octanol–water partition coefficient (Wildman–Crippen LogP) is 0.718. The highest BCUT2D eigenvalue weighted by Gasteiger charge is 2.28. The molecule has 3 heterocycles. The lowest BCUT2D eigenvalue weighted by molar-refractivity contribution is -0.134. The first-order valence-corrected chi connectivity index (χ1v) is 9.38. The number of hydrogen-bond donors (Lipinski definition) is 1. The number of ether oxygens (including phenoxy) is 3. The maximum absolute atomic E-state index is 12.4. The third kappa shape index (κ3) is 4.17. The first kappa shape index (κ1) is 17.7. The van der Waals surface area contributed by atoms with Crippen LogP contribution in [0.15, 0.2) is 24.3 Å². The predicted molar refractivity (Wildman–Crippen MR) is 96.0 cm³/mol. The number of hydrogen-bond acceptors (Lipinski definition) is 8. The van der Waals surface area contributed by atoms with E-state index >= 15 is 0 Å². The van der Waals surface area contributed by atoms with E-state index in [1.54, 1.807) is 17.0 Å². The van der Waals surface area contributed by atoms with Gasteiger partial charge in [-0.1, -0.05) is 23.5 Å². The van der Waals surface area contributed by atoms with Gasteiger partial charge in [-0.2, -0.15) is 0 Å². The number of anilines is 1. The molecule has 2 aliphatic rings. The summed E-state index contributed by atoms with van der Waals surface area (Å²) in [6.07, 6.45) is -0.619. The normalized spacial score (nSPS) is 18.8. The molecule has 1 saturated heterocycles. The summed E-state index contributed by atoms with van der Waals surface area (Å²) in [6.45, 7) is 2.39. The summed E-state index contributed by atoms with van der Waals surface area (Å²) < 4.78 is 16.4. The SMILES string of the molecule is O=C(Nc1nnc(CC(=O)N2CCOCC2)s1)[C@H]1COc2ccccc2O1. The summed E-state index contributed by atoms with van der Waals surface area (Å²) in [5.41, 5.74) is 0. The molecule has 1 atom stereocenters. The van der Waals surface area contributed by atoms with Gasteiger partial charge in [-0.05, 0) is 12.1 Å². The second kappa shape index (κ2) is 7.89. The van der Waals surface area contributed by atoms with Crippen molar-refractivity contribution in [3.05, 3.63) is 29.3 Å². The fourth-order valence-electron chi connectivity index (χ4n) is 2.76. The molecule has 0 aliphatic carbocycles. The molecule has 1 fully saturated rings. The van der Waals surface area contributed by atoms with E-state index in [4.69, 9.17) is 14.2 Å². The van der Waals surface area contributed by atoms with Gasteiger partial charge >= 0.3 is 0 Å². The number of aromatic nitrogens is 2. The van der Waals surface area contributed by atoms with Crippen LogP contribution >= 0.6 is 11.3 Å². The fourth-order valence-corrected chi connectivity index (χ4v) is 3.50. The summed E-state index contributed by atoms with van der Waals surface area (Å²) in [5.74, 6) is 0.749. The molecular weight excluding hydrogens is 372 g/mol. The van der Waals surface area contributed by atoms with E-state index in [0.29, 0.717) is 47.9 Å². The Morgan fingerprint density at radius 3 is 2.78 bits per heavy atom. The Morgan fingerprint density at radius 1 is 1.19 bits per heavy atom. The summed E-state index contributed by atoms with van der Waals surface area (Å²) in [4.78, 5) is 26.4. The van der Waals surface area contributed by atoms with Gasteiger partial charge in [0.2, 0.25) is 17.1 Å². The van der Waals surface area contributed by atoms with Crippen LogP contribution in [0.2, 0.25) is 0 Å². The van der Waals surface area contributed by atoms with Crippen LogP contribution in [0.1, 0.15) is 5.01 Å². The Morgan fingerprint density at radius 2 is 1.96 bits per heavy atom. The van der Waals surface area contributed by atoms with Gasteiger partial charge in [-0.15, -0.1) is 10.2 Å². The van der Waals surface area contributed by atoms with Crippen molar-refractivity contribution in [3.8, 4) is 11.5 Å². The van der Waals surface area contributed by atoms with Crippen LogP contribution in [0.3, 0.4) is 0 Å². The first-order chi connectivity index (χ1) is 13.2. The number of para-hydroxylation sites is 2. The van der Waals surface area contributed by atoms with Crippen molar-refractivity contribution in [1.82, 2.24) is 15.1 Å². The molecule has 2 amide bonds. The molecule has 4 rings (SSSR count). The van der Waals surface area contributed by atoms with Gasteiger partial charge < -0.3 is 19.1 Å². The largest absolute Gasteiger partial charge is 0.485 e. The Hall–Kier alpha value is -2.72. The molecule has 1 aromatic heterocycles. The van der Waals surface area contributed by atoms with Crippen LogP contribution in [-0.4, -0.2) is 65.9 Å². The van der Waals surface area contributed by atoms with Crippen molar-refractivity contribution >= 4 is 28.3 Å². The molecule has 2 aliphatic heterocycles. The van der Waals surface area contributed by atoms with Crippen LogP contribution in [0.5, 0.6) is 11.5 Å². The molecule has 0 unspecified atom stereocenters. The zero-order valence-electron chi connectivity index (χ0n) is 14.4. The second-order valence-electron chi connectivity index (χ2n) is 6.02. The van der Waals surface area contributed by atoms with Gasteiger partial charge in [0.05, 0.1) is 19.6 Å². The number of carbonyl (C=O) groups excluding carboxylic acids is 2. The number of benzene rings is 1. The van der Waals surface area contributed by atoms with Crippen molar-refractivity contribution in [3.63, 3.8) is 0 Å². The third-order valence-electron chi connectivity index (χ3n) is 4.16. The Labute approximate surface area is 159 Å². The number of carbonyl (C=O) groups is 2.